The minimum absolute atomic E-state index is 0.165. The number of hydrogen-bond donors (Lipinski definition) is 1. The molecule has 0 atom stereocenters. The summed E-state index contributed by atoms with van der Waals surface area (Å²) in [5.74, 6) is 0.299. The van der Waals surface area contributed by atoms with Gasteiger partial charge >= 0.3 is 0 Å². The molecule has 200 valence electrons. The largest absolute Gasteiger partial charge is 0.491 e. The highest BCUT2D eigenvalue weighted by Gasteiger charge is 2.18. The smallest absolute Gasteiger partial charge is 0.258 e. The van der Waals surface area contributed by atoms with Gasteiger partial charge in [0.1, 0.15) is 5.75 Å². The van der Waals surface area contributed by atoms with E-state index in [0.717, 1.165) is 29.7 Å². The van der Waals surface area contributed by atoms with E-state index in [0.29, 0.717) is 34.9 Å². The van der Waals surface area contributed by atoms with Crippen LogP contribution in [0.3, 0.4) is 0 Å². The summed E-state index contributed by atoms with van der Waals surface area (Å²) in [6.45, 7) is 3.53. The average Bonchev–Trinajstić information content (AvgIpc) is 2.95. The van der Waals surface area contributed by atoms with Gasteiger partial charge in [-0.15, -0.1) is 0 Å². The Labute approximate surface area is 230 Å². The molecule has 0 spiro atoms. The molecule has 0 fully saturated rings. The van der Waals surface area contributed by atoms with Crippen molar-refractivity contribution in [2.75, 3.05) is 44.5 Å². The summed E-state index contributed by atoms with van der Waals surface area (Å²) >= 11 is 0. The molecule has 0 radical (unpaired) electrons. The van der Waals surface area contributed by atoms with Crippen LogP contribution in [0.5, 0.6) is 5.75 Å². The summed E-state index contributed by atoms with van der Waals surface area (Å²) in [4.78, 5) is 30.1. The number of carbonyl (C=O) groups excluding carboxylic acids is 2. The molecule has 1 N–H and O–H groups in total. The summed E-state index contributed by atoms with van der Waals surface area (Å²) in [6, 6.07) is 30.1. The average molecular weight is 522 g/mol. The molecule has 6 heteroatoms. The molecular weight excluding hydrogens is 486 g/mol. The first-order valence-electron chi connectivity index (χ1n) is 13.1. The molecule has 4 rings (SSSR count). The van der Waals surface area contributed by atoms with Crippen LogP contribution in [-0.4, -0.2) is 51.0 Å². The molecule has 0 bridgehead atoms. The molecule has 0 aliphatic heterocycles. The lowest BCUT2D eigenvalue weighted by Gasteiger charge is -2.21. The van der Waals surface area contributed by atoms with Crippen LogP contribution in [0.15, 0.2) is 97.1 Å². The van der Waals surface area contributed by atoms with E-state index in [1.54, 1.807) is 36.2 Å². The molecule has 4 aromatic carbocycles. The van der Waals surface area contributed by atoms with Crippen LogP contribution in [0.1, 0.15) is 32.7 Å². The second-order valence-electron chi connectivity index (χ2n) is 9.78. The quantitative estimate of drug-likeness (QED) is 0.241. The molecule has 39 heavy (non-hydrogen) atoms. The maximum Gasteiger partial charge on any atom is 0.258 e. The highest BCUT2D eigenvalue weighted by molar-refractivity contribution is 6.09. The summed E-state index contributed by atoms with van der Waals surface area (Å²) in [5.41, 5.74) is 5.43. The van der Waals surface area contributed by atoms with E-state index >= 15 is 0 Å². The Balaban J connectivity index is 1.44. The number of nitrogens with zero attached hydrogens (tertiary/aromatic N) is 2. The van der Waals surface area contributed by atoms with Crippen molar-refractivity contribution >= 4 is 23.2 Å². The minimum atomic E-state index is -0.206. The van der Waals surface area contributed by atoms with Crippen molar-refractivity contribution in [3.8, 4) is 16.9 Å². The Morgan fingerprint density at radius 1 is 0.795 bits per heavy atom. The van der Waals surface area contributed by atoms with Crippen LogP contribution < -0.4 is 15.0 Å². The fourth-order valence-corrected chi connectivity index (χ4v) is 4.28. The Morgan fingerprint density at radius 3 is 2.18 bits per heavy atom. The number of benzene rings is 4. The van der Waals surface area contributed by atoms with E-state index in [4.69, 9.17) is 4.74 Å². The van der Waals surface area contributed by atoms with Gasteiger partial charge in [-0.2, -0.15) is 0 Å². The number of amides is 2. The molecule has 0 saturated heterocycles. The van der Waals surface area contributed by atoms with Crippen LogP contribution in [-0.2, 0) is 0 Å². The van der Waals surface area contributed by atoms with Crippen molar-refractivity contribution in [1.29, 1.82) is 0 Å². The molecule has 2 amide bonds. The van der Waals surface area contributed by atoms with E-state index in [9.17, 15) is 9.59 Å². The topological polar surface area (TPSA) is 61.9 Å². The van der Waals surface area contributed by atoms with Crippen molar-refractivity contribution < 1.29 is 14.3 Å². The lowest BCUT2D eigenvalue weighted by molar-refractivity contribution is 0.0990. The normalized spacial score (nSPS) is 10.8. The van der Waals surface area contributed by atoms with E-state index in [2.05, 4.69) is 10.2 Å². The second-order valence-corrected chi connectivity index (χ2v) is 9.78. The third-order valence-corrected chi connectivity index (χ3v) is 6.46. The van der Waals surface area contributed by atoms with Crippen molar-refractivity contribution in [3.63, 3.8) is 0 Å². The predicted molar refractivity (Wildman–Crippen MR) is 159 cm³/mol. The zero-order valence-electron chi connectivity index (χ0n) is 23.0. The molecule has 0 unspecified atom stereocenters. The van der Waals surface area contributed by atoms with Gasteiger partial charge in [-0.25, -0.2) is 0 Å². The van der Waals surface area contributed by atoms with Gasteiger partial charge in [0, 0.05) is 30.4 Å². The van der Waals surface area contributed by atoms with Crippen molar-refractivity contribution in [2.45, 2.75) is 13.3 Å². The van der Waals surface area contributed by atoms with Crippen LogP contribution in [0.4, 0.5) is 11.4 Å². The lowest BCUT2D eigenvalue weighted by atomic mass is 9.98. The van der Waals surface area contributed by atoms with Crippen molar-refractivity contribution in [1.82, 2.24) is 4.90 Å². The van der Waals surface area contributed by atoms with E-state index in [1.807, 2.05) is 93.8 Å². The maximum absolute atomic E-state index is 13.3. The van der Waals surface area contributed by atoms with Crippen LogP contribution in [0.2, 0.25) is 0 Å². The SMILES string of the molecule is Cc1ccc(-c2ccccc2C(=O)Nc2ccc(C(=O)N(C)c3ccccc3OCCCN(C)C)cc2)cc1. The monoisotopic (exact) mass is 521 g/mol. The number of para-hydroxylation sites is 2. The van der Waals surface area contributed by atoms with Gasteiger partial charge < -0.3 is 19.9 Å². The van der Waals surface area contributed by atoms with E-state index in [-0.39, 0.29) is 11.8 Å². The molecule has 0 heterocycles. The summed E-state index contributed by atoms with van der Waals surface area (Å²) in [7, 11) is 5.80. The molecular formula is C33H35N3O3. The number of rotatable bonds is 10. The summed E-state index contributed by atoms with van der Waals surface area (Å²) < 4.78 is 5.98. The van der Waals surface area contributed by atoms with Crippen LogP contribution in [0.25, 0.3) is 11.1 Å². The Bertz CT molecular complexity index is 1410. The standard InChI is InChI=1S/C33H35N3O3/c1-24-14-16-25(17-15-24)28-10-5-6-11-29(28)32(37)34-27-20-18-26(19-21-27)33(38)36(4)30-12-7-8-13-31(30)39-23-9-22-35(2)3/h5-8,10-21H,9,22-23H2,1-4H3,(H,34,37). The molecule has 4 aromatic rings. The van der Waals surface area contributed by atoms with Gasteiger partial charge in [0.25, 0.3) is 11.8 Å². The van der Waals surface area contributed by atoms with Gasteiger partial charge in [-0.1, -0.05) is 60.2 Å². The number of anilines is 2. The molecule has 0 aliphatic carbocycles. The number of aryl methyl sites for hydroxylation is 1. The molecule has 0 saturated carbocycles. The first-order chi connectivity index (χ1) is 18.8. The summed E-state index contributed by atoms with van der Waals surface area (Å²) in [5, 5.41) is 2.97. The summed E-state index contributed by atoms with van der Waals surface area (Å²) in [6.07, 6.45) is 0.891. The zero-order valence-corrected chi connectivity index (χ0v) is 23.0. The van der Waals surface area contributed by atoms with Gasteiger partial charge in [-0.05, 0) is 81.0 Å². The van der Waals surface area contributed by atoms with Gasteiger partial charge in [0.2, 0.25) is 0 Å². The fraction of sp³-hybridized carbons (Fsp3) is 0.212. The van der Waals surface area contributed by atoms with Crippen LogP contribution in [0, 0.1) is 6.92 Å². The molecule has 0 aliphatic rings. The highest BCUT2D eigenvalue weighted by Crippen LogP contribution is 2.29. The number of ether oxygens (including phenoxy) is 1. The Kier molecular flexibility index (Phi) is 9.13. The van der Waals surface area contributed by atoms with Crippen LogP contribution >= 0.6 is 0 Å². The van der Waals surface area contributed by atoms with Gasteiger partial charge in [-0.3, -0.25) is 9.59 Å². The first-order valence-corrected chi connectivity index (χ1v) is 13.1. The van der Waals surface area contributed by atoms with Gasteiger partial charge in [0.15, 0.2) is 0 Å². The minimum Gasteiger partial charge on any atom is -0.491 e. The fourth-order valence-electron chi connectivity index (χ4n) is 4.28. The Morgan fingerprint density at radius 2 is 1.46 bits per heavy atom. The van der Waals surface area contributed by atoms with Gasteiger partial charge in [0.05, 0.1) is 12.3 Å². The molecule has 0 aromatic heterocycles. The third kappa shape index (κ3) is 7.12. The third-order valence-electron chi connectivity index (χ3n) is 6.46. The zero-order chi connectivity index (χ0) is 27.8. The molecule has 6 nitrogen and oxygen atoms in total. The highest BCUT2D eigenvalue weighted by atomic mass is 16.5. The predicted octanol–water partition coefficient (Wildman–Crippen LogP) is 6.52. The number of hydrogen-bond acceptors (Lipinski definition) is 4. The maximum atomic E-state index is 13.3. The van der Waals surface area contributed by atoms with Crippen molar-refractivity contribution in [3.05, 3.63) is 114 Å². The van der Waals surface area contributed by atoms with Crippen molar-refractivity contribution in [2.24, 2.45) is 0 Å². The second kappa shape index (κ2) is 12.9. The first kappa shape index (κ1) is 27.6. The number of nitrogens with one attached hydrogen (secondary N) is 1. The Hall–Kier alpha value is -4.42. The van der Waals surface area contributed by atoms with E-state index < -0.39 is 0 Å². The lowest BCUT2D eigenvalue weighted by Crippen LogP contribution is -2.27. The van der Waals surface area contributed by atoms with E-state index in [1.165, 1.54) is 0 Å². The number of carbonyl (C=O) groups is 2.